The van der Waals surface area contributed by atoms with Crippen molar-refractivity contribution in [1.82, 2.24) is 30.0 Å². The summed E-state index contributed by atoms with van der Waals surface area (Å²) in [7, 11) is 0. The zero-order chi connectivity index (χ0) is 19.3. The van der Waals surface area contributed by atoms with Gasteiger partial charge in [0.25, 0.3) is 0 Å². The molecule has 1 N–H and O–H groups in total. The molecule has 146 valence electrons. The summed E-state index contributed by atoms with van der Waals surface area (Å²) in [6.45, 7) is 5.20. The van der Waals surface area contributed by atoms with Crippen LogP contribution in [0.1, 0.15) is 37.3 Å². The van der Waals surface area contributed by atoms with Crippen molar-refractivity contribution in [2.75, 3.05) is 13.1 Å². The topological polar surface area (TPSA) is 78.0 Å². The standard InChI is InChI=1S/C21H26N6O/c1-16(28)27(14-18-10-22-15-23-11-18)20-3-2-7-26(8-6-20)13-17-4-5-19-12-24-25-21(19)9-17/h4-5,9-12,15,20H,2-3,6-8,13-14H2,1H3,(H,24,25)/t20-/m1/s1. The third-order valence-corrected chi connectivity index (χ3v) is 5.51. The lowest BCUT2D eigenvalue weighted by Gasteiger charge is -2.30. The van der Waals surface area contributed by atoms with Crippen molar-refractivity contribution in [2.45, 2.75) is 45.3 Å². The molecule has 3 heterocycles. The Hall–Kier alpha value is -2.80. The van der Waals surface area contributed by atoms with Gasteiger partial charge in [-0.2, -0.15) is 5.10 Å². The molecule has 0 radical (unpaired) electrons. The monoisotopic (exact) mass is 378 g/mol. The number of carbonyl (C=O) groups is 1. The molecule has 3 aromatic rings. The number of benzene rings is 1. The third kappa shape index (κ3) is 4.36. The van der Waals surface area contributed by atoms with Crippen molar-refractivity contribution in [1.29, 1.82) is 0 Å². The van der Waals surface area contributed by atoms with Crippen molar-refractivity contribution in [3.8, 4) is 0 Å². The first-order valence-electron chi connectivity index (χ1n) is 9.84. The minimum Gasteiger partial charge on any atom is -0.335 e. The van der Waals surface area contributed by atoms with Crippen LogP contribution in [0, 0.1) is 0 Å². The van der Waals surface area contributed by atoms with Crippen molar-refractivity contribution in [3.05, 3.63) is 54.2 Å². The highest BCUT2D eigenvalue weighted by Crippen LogP contribution is 2.21. The Kier molecular flexibility index (Phi) is 5.62. The van der Waals surface area contributed by atoms with Gasteiger partial charge in [-0.1, -0.05) is 12.1 Å². The van der Waals surface area contributed by atoms with E-state index in [9.17, 15) is 4.79 Å². The van der Waals surface area contributed by atoms with Crippen molar-refractivity contribution < 1.29 is 4.79 Å². The summed E-state index contributed by atoms with van der Waals surface area (Å²) in [5.41, 5.74) is 3.35. The largest absolute Gasteiger partial charge is 0.335 e. The minimum absolute atomic E-state index is 0.118. The number of H-pyrrole nitrogens is 1. The van der Waals surface area contributed by atoms with Gasteiger partial charge in [-0.15, -0.1) is 0 Å². The number of nitrogens with zero attached hydrogens (tertiary/aromatic N) is 5. The molecule has 2 aromatic heterocycles. The van der Waals surface area contributed by atoms with Gasteiger partial charge in [-0.25, -0.2) is 9.97 Å². The number of carbonyl (C=O) groups excluding carboxylic acids is 1. The fourth-order valence-corrected chi connectivity index (χ4v) is 4.05. The molecule has 0 aliphatic carbocycles. The Morgan fingerprint density at radius 3 is 2.86 bits per heavy atom. The average molecular weight is 378 g/mol. The zero-order valence-corrected chi connectivity index (χ0v) is 16.2. The van der Waals surface area contributed by atoms with Crippen molar-refractivity contribution >= 4 is 16.8 Å². The van der Waals surface area contributed by atoms with Crippen molar-refractivity contribution in [3.63, 3.8) is 0 Å². The number of aromatic amines is 1. The Labute approximate surface area is 164 Å². The number of amides is 1. The summed E-state index contributed by atoms with van der Waals surface area (Å²) in [6, 6.07) is 6.74. The second kappa shape index (κ2) is 8.48. The number of likely N-dealkylation sites (tertiary alicyclic amines) is 1. The van der Waals surface area contributed by atoms with Gasteiger partial charge in [-0.3, -0.25) is 14.8 Å². The molecule has 4 rings (SSSR count). The predicted octanol–water partition coefficient (Wildman–Crippen LogP) is 2.76. The van der Waals surface area contributed by atoms with E-state index in [-0.39, 0.29) is 11.9 Å². The van der Waals surface area contributed by atoms with Gasteiger partial charge in [-0.05, 0) is 37.4 Å². The molecule has 7 nitrogen and oxygen atoms in total. The summed E-state index contributed by atoms with van der Waals surface area (Å²) in [4.78, 5) is 24.9. The van der Waals surface area contributed by atoms with Crippen LogP contribution in [0.25, 0.3) is 10.9 Å². The third-order valence-electron chi connectivity index (χ3n) is 5.51. The van der Waals surface area contributed by atoms with Gasteiger partial charge in [0.2, 0.25) is 5.91 Å². The van der Waals surface area contributed by atoms with Crippen LogP contribution in [-0.4, -0.2) is 55.0 Å². The molecule has 0 bridgehead atoms. The fraction of sp³-hybridized carbons (Fsp3) is 0.429. The minimum atomic E-state index is 0.118. The molecule has 1 atom stereocenters. The Bertz CT molecular complexity index is 925. The lowest BCUT2D eigenvalue weighted by molar-refractivity contribution is -0.132. The van der Waals surface area contributed by atoms with Crippen LogP contribution in [0.2, 0.25) is 0 Å². The van der Waals surface area contributed by atoms with E-state index in [2.05, 4.69) is 43.3 Å². The van der Waals surface area contributed by atoms with Gasteiger partial charge >= 0.3 is 0 Å². The summed E-state index contributed by atoms with van der Waals surface area (Å²) in [5, 5.41) is 8.28. The van der Waals surface area contributed by atoms with E-state index in [0.717, 1.165) is 55.4 Å². The predicted molar refractivity (Wildman–Crippen MR) is 107 cm³/mol. The van der Waals surface area contributed by atoms with Crippen LogP contribution in [-0.2, 0) is 17.9 Å². The molecule has 28 heavy (non-hydrogen) atoms. The first-order chi connectivity index (χ1) is 13.7. The van der Waals surface area contributed by atoms with E-state index >= 15 is 0 Å². The van der Waals surface area contributed by atoms with Crippen LogP contribution >= 0.6 is 0 Å². The number of aromatic nitrogens is 4. The maximum Gasteiger partial charge on any atom is 0.219 e. The molecule has 0 saturated carbocycles. The SMILES string of the molecule is CC(=O)N(Cc1cncnc1)[C@@H]1CCCN(Cc2ccc3cn[nH]c3c2)CC1. The second-order valence-corrected chi connectivity index (χ2v) is 7.55. The molecule has 1 aliphatic heterocycles. The molecule has 1 fully saturated rings. The van der Waals surface area contributed by atoms with Gasteiger partial charge in [0.15, 0.2) is 0 Å². The Morgan fingerprint density at radius 2 is 2.04 bits per heavy atom. The number of fused-ring (bicyclic) bond motifs is 1. The Morgan fingerprint density at radius 1 is 1.18 bits per heavy atom. The first kappa shape index (κ1) is 18.6. The number of hydrogen-bond acceptors (Lipinski definition) is 5. The molecule has 1 amide bonds. The van der Waals surface area contributed by atoms with E-state index in [4.69, 9.17) is 0 Å². The average Bonchev–Trinajstić information content (AvgIpc) is 3.05. The summed E-state index contributed by atoms with van der Waals surface area (Å²) in [5.74, 6) is 0.118. The molecule has 0 spiro atoms. The summed E-state index contributed by atoms with van der Waals surface area (Å²) in [6.07, 6.45) is 10.1. The fourth-order valence-electron chi connectivity index (χ4n) is 4.05. The van der Waals surface area contributed by atoms with Gasteiger partial charge < -0.3 is 4.90 Å². The maximum atomic E-state index is 12.3. The van der Waals surface area contributed by atoms with Gasteiger partial charge in [0.1, 0.15) is 6.33 Å². The Balaban J connectivity index is 1.39. The van der Waals surface area contributed by atoms with Crippen LogP contribution in [0.4, 0.5) is 0 Å². The normalized spacial score (nSPS) is 18.1. The molecule has 1 aromatic carbocycles. The molecule has 0 unspecified atom stereocenters. The molecule has 7 heteroatoms. The second-order valence-electron chi connectivity index (χ2n) is 7.55. The highest BCUT2D eigenvalue weighted by atomic mass is 16.2. The van der Waals surface area contributed by atoms with Crippen LogP contribution in [0.5, 0.6) is 0 Å². The van der Waals surface area contributed by atoms with Gasteiger partial charge in [0.05, 0.1) is 11.7 Å². The highest BCUT2D eigenvalue weighted by molar-refractivity contribution is 5.78. The number of rotatable bonds is 5. The first-order valence-corrected chi connectivity index (χ1v) is 9.84. The smallest absolute Gasteiger partial charge is 0.219 e. The quantitative estimate of drug-likeness (QED) is 0.739. The molecule has 1 aliphatic rings. The summed E-state index contributed by atoms with van der Waals surface area (Å²) >= 11 is 0. The zero-order valence-electron chi connectivity index (χ0n) is 16.2. The van der Waals surface area contributed by atoms with E-state index in [0.29, 0.717) is 6.54 Å². The number of hydrogen-bond donors (Lipinski definition) is 1. The molecular weight excluding hydrogens is 352 g/mol. The highest BCUT2D eigenvalue weighted by Gasteiger charge is 2.25. The molecule has 1 saturated heterocycles. The lowest BCUT2D eigenvalue weighted by Crippen LogP contribution is -2.39. The molecular formula is C21H26N6O. The summed E-state index contributed by atoms with van der Waals surface area (Å²) < 4.78 is 0. The van der Waals surface area contributed by atoms with E-state index in [1.165, 1.54) is 11.9 Å². The van der Waals surface area contributed by atoms with Gasteiger partial charge in [0, 0.05) is 55.9 Å². The van der Waals surface area contributed by atoms with Crippen molar-refractivity contribution in [2.24, 2.45) is 0 Å². The van der Waals surface area contributed by atoms with Crippen LogP contribution < -0.4 is 0 Å². The maximum absolute atomic E-state index is 12.3. The van der Waals surface area contributed by atoms with Crippen LogP contribution in [0.15, 0.2) is 43.1 Å². The van der Waals surface area contributed by atoms with Crippen LogP contribution in [0.3, 0.4) is 0 Å². The number of nitrogens with one attached hydrogen (secondary N) is 1. The van der Waals surface area contributed by atoms with E-state index in [1.54, 1.807) is 19.3 Å². The lowest BCUT2D eigenvalue weighted by atomic mass is 10.1. The van der Waals surface area contributed by atoms with E-state index in [1.807, 2.05) is 11.1 Å². The van der Waals surface area contributed by atoms with E-state index < -0.39 is 0 Å².